The van der Waals surface area contributed by atoms with Crippen LogP contribution in [0.3, 0.4) is 0 Å². The van der Waals surface area contributed by atoms with Gasteiger partial charge in [0.15, 0.2) is 11.2 Å². The van der Waals surface area contributed by atoms with Crippen LogP contribution in [0.5, 0.6) is 0 Å². The summed E-state index contributed by atoms with van der Waals surface area (Å²) in [5.74, 6) is 0.547. The molecule has 7 heteroatoms. The van der Waals surface area contributed by atoms with Gasteiger partial charge >= 0.3 is 0 Å². The zero-order valence-electron chi connectivity index (χ0n) is 9.96. The number of rotatable bonds is 2. The van der Waals surface area contributed by atoms with Gasteiger partial charge < -0.3 is 14.8 Å². The van der Waals surface area contributed by atoms with Gasteiger partial charge in [0.05, 0.1) is 19.0 Å². The Kier molecular flexibility index (Phi) is 2.64. The van der Waals surface area contributed by atoms with Crippen molar-refractivity contribution in [3.05, 3.63) is 22.5 Å². The summed E-state index contributed by atoms with van der Waals surface area (Å²) in [6.45, 7) is 1.74. The minimum absolute atomic E-state index is 0.0101. The van der Waals surface area contributed by atoms with Crippen LogP contribution in [0, 0.1) is 6.92 Å². The molecule has 2 aromatic heterocycles. The van der Waals surface area contributed by atoms with Crippen molar-refractivity contribution < 1.29 is 9.84 Å². The Morgan fingerprint density at radius 3 is 3.17 bits per heavy atom. The Morgan fingerprint density at radius 1 is 1.61 bits per heavy atom. The minimum Gasteiger partial charge on any atom is -0.394 e. The van der Waals surface area contributed by atoms with Crippen molar-refractivity contribution in [3.8, 4) is 0 Å². The molecule has 1 aliphatic rings. The first-order valence-corrected chi connectivity index (χ1v) is 5.89. The molecular weight excluding hydrogens is 236 g/mol. The van der Waals surface area contributed by atoms with Crippen LogP contribution < -0.4 is 5.56 Å². The third-order valence-electron chi connectivity index (χ3n) is 3.15. The van der Waals surface area contributed by atoms with Gasteiger partial charge in [-0.15, -0.1) is 0 Å². The molecule has 3 rings (SSSR count). The molecule has 0 unspecified atom stereocenters. The average Bonchev–Trinajstić information content (AvgIpc) is 2.93. The third kappa shape index (κ3) is 1.72. The van der Waals surface area contributed by atoms with E-state index in [-0.39, 0.29) is 24.5 Å². The molecule has 1 fully saturated rings. The molecule has 2 atom stereocenters. The van der Waals surface area contributed by atoms with Gasteiger partial charge in [0.2, 0.25) is 0 Å². The summed E-state index contributed by atoms with van der Waals surface area (Å²) in [5.41, 5.74) is 0.601. The van der Waals surface area contributed by atoms with Crippen molar-refractivity contribution in [2.24, 2.45) is 0 Å². The number of aliphatic hydroxyl groups excluding tert-OH is 1. The van der Waals surface area contributed by atoms with Gasteiger partial charge in [-0.3, -0.25) is 9.36 Å². The van der Waals surface area contributed by atoms with Gasteiger partial charge in [-0.2, -0.15) is 0 Å². The van der Waals surface area contributed by atoms with E-state index in [1.165, 1.54) is 0 Å². The number of nitrogens with zero attached hydrogens (tertiary/aromatic N) is 3. The van der Waals surface area contributed by atoms with Crippen LogP contribution in [0.25, 0.3) is 11.2 Å². The number of nitrogens with one attached hydrogen (secondary N) is 1. The lowest BCUT2D eigenvalue weighted by atomic mass is 10.2. The normalized spacial score (nSPS) is 23.9. The van der Waals surface area contributed by atoms with Crippen LogP contribution in [-0.2, 0) is 4.74 Å². The predicted molar refractivity (Wildman–Crippen MR) is 63.1 cm³/mol. The Morgan fingerprint density at radius 2 is 2.44 bits per heavy atom. The van der Waals surface area contributed by atoms with Crippen LogP contribution in [0.2, 0.25) is 0 Å². The molecule has 7 nitrogen and oxygen atoms in total. The molecule has 1 aliphatic heterocycles. The molecule has 0 bridgehead atoms. The smallest absolute Gasteiger partial charge is 0.279 e. The average molecular weight is 250 g/mol. The molecule has 2 aromatic rings. The van der Waals surface area contributed by atoms with E-state index in [2.05, 4.69) is 15.0 Å². The van der Waals surface area contributed by atoms with Crippen molar-refractivity contribution in [2.75, 3.05) is 6.61 Å². The number of fused-ring (bicyclic) bond motifs is 1. The summed E-state index contributed by atoms with van der Waals surface area (Å²) in [6, 6.07) is 0. The first kappa shape index (κ1) is 11.4. The van der Waals surface area contributed by atoms with Crippen LogP contribution >= 0.6 is 0 Å². The lowest BCUT2D eigenvalue weighted by Crippen LogP contribution is -2.15. The van der Waals surface area contributed by atoms with E-state index in [9.17, 15) is 4.79 Å². The topological polar surface area (TPSA) is 93.0 Å². The molecule has 96 valence electrons. The summed E-state index contributed by atoms with van der Waals surface area (Å²) >= 11 is 0. The van der Waals surface area contributed by atoms with Crippen molar-refractivity contribution in [1.29, 1.82) is 0 Å². The highest BCUT2D eigenvalue weighted by molar-refractivity contribution is 5.69. The fourth-order valence-electron chi connectivity index (χ4n) is 2.27. The molecule has 0 aromatic carbocycles. The van der Waals surface area contributed by atoms with E-state index >= 15 is 0 Å². The zero-order valence-corrected chi connectivity index (χ0v) is 9.96. The lowest BCUT2D eigenvalue weighted by molar-refractivity contribution is -0.0207. The number of hydrogen-bond acceptors (Lipinski definition) is 5. The quantitative estimate of drug-likeness (QED) is 0.788. The second kappa shape index (κ2) is 4.18. The van der Waals surface area contributed by atoms with Crippen LogP contribution in [0.15, 0.2) is 11.1 Å². The number of aromatic nitrogens is 4. The summed E-state index contributed by atoms with van der Waals surface area (Å²) in [5, 5.41) is 9.06. The van der Waals surface area contributed by atoms with Crippen molar-refractivity contribution >= 4 is 11.2 Å². The Balaban J connectivity index is 2.05. The Bertz CT molecular complexity index is 633. The van der Waals surface area contributed by atoms with Gasteiger partial charge in [-0.25, -0.2) is 9.97 Å². The van der Waals surface area contributed by atoms with E-state index < -0.39 is 0 Å². The maximum Gasteiger partial charge on any atom is 0.279 e. The summed E-state index contributed by atoms with van der Waals surface area (Å²) in [7, 11) is 0. The second-order valence-electron chi connectivity index (χ2n) is 4.45. The molecule has 0 saturated carbocycles. The zero-order chi connectivity index (χ0) is 12.7. The summed E-state index contributed by atoms with van der Waals surface area (Å²) in [6.07, 6.45) is 2.79. The molecule has 3 heterocycles. The molecule has 0 radical (unpaired) electrons. The highest BCUT2D eigenvalue weighted by atomic mass is 16.5. The Labute approximate surface area is 102 Å². The first-order chi connectivity index (χ1) is 8.69. The maximum atomic E-state index is 11.7. The lowest BCUT2D eigenvalue weighted by Gasteiger charge is -2.13. The van der Waals surface area contributed by atoms with Gasteiger partial charge in [0.1, 0.15) is 12.1 Å². The summed E-state index contributed by atoms with van der Waals surface area (Å²) in [4.78, 5) is 22.7. The number of H-pyrrole nitrogens is 1. The fraction of sp³-hybridized carbons (Fsp3) is 0.545. The van der Waals surface area contributed by atoms with E-state index in [1.807, 2.05) is 0 Å². The largest absolute Gasteiger partial charge is 0.394 e. The number of aromatic amines is 1. The molecule has 18 heavy (non-hydrogen) atoms. The van der Waals surface area contributed by atoms with Crippen molar-refractivity contribution in [2.45, 2.75) is 32.1 Å². The van der Waals surface area contributed by atoms with Crippen LogP contribution in [-0.4, -0.2) is 37.3 Å². The molecule has 0 spiro atoms. The van der Waals surface area contributed by atoms with Crippen molar-refractivity contribution in [1.82, 2.24) is 19.5 Å². The SMILES string of the molecule is Cc1nc2c(ncn2[C@H]2CC[C@@H](CO)O2)c(=O)[nH]1. The van der Waals surface area contributed by atoms with Crippen LogP contribution in [0.1, 0.15) is 24.9 Å². The van der Waals surface area contributed by atoms with E-state index in [4.69, 9.17) is 9.84 Å². The number of aryl methyl sites for hydroxylation is 1. The van der Waals surface area contributed by atoms with E-state index in [0.717, 1.165) is 12.8 Å². The molecule has 0 aliphatic carbocycles. The van der Waals surface area contributed by atoms with E-state index in [0.29, 0.717) is 17.0 Å². The van der Waals surface area contributed by atoms with Gasteiger partial charge in [0, 0.05) is 0 Å². The highest BCUT2D eigenvalue weighted by Crippen LogP contribution is 2.29. The van der Waals surface area contributed by atoms with Gasteiger partial charge in [-0.1, -0.05) is 0 Å². The maximum absolute atomic E-state index is 11.7. The predicted octanol–water partition coefficient (Wildman–Crippen LogP) is 0.0979. The fourth-order valence-corrected chi connectivity index (χ4v) is 2.27. The molecule has 0 amide bonds. The number of hydrogen-bond donors (Lipinski definition) is 2. The number of aliphatic hydroxyl groups is 1. The first-order valence-electron chi connectivity index (χ1n) is 5.89. The highest BCUT2D eigenvalue weighted by Gasteiger charge is 2.27. The van der Waals surface area contributed by atoms with Gasteiger partial charge in [-0.05, 0) is 19.8 Å². The molecular formula is C11H14N4O3. The van der Waals surface area contributed by atoms with Gasteiger partial charge in [0.25, 0.3) is 5.56 Å². The van der Waals surface area contributed by atoms with E-state index in [1.54, 1.807) is 17.8 Å². The third-order valence-corrected chi connectivity index (χ3v) is 3.15. The summed E-state index contributed by atoms with van der Waals surface area (Å²) < 4.78 is 7.42. The standard InChI is InChI=1S/C11H14N4O3/c1-6-13-10-9(11(17)14-6)12-5-15(10)8-3-2-7(4-16)18-8/h5,7-8,16H,2-4H2,1H3,(H,13,14,17)/t7-,8+/m0/s1. The number of ether oxygens (including phenoxy) is 1. The Hall–Kier alpha value is -1.73. The van der Waals surface area contributed by atoms with Crippen LogP contribution in [0.4, 0.5) is 0 Å². The second-order valence-corrected chi connectivity index (χ2v) is 4.45. The monoisotopic (exact) mass is 250 g/mol. The minimum atomic E-state index is -0.243. The number of imidazole rings is 1. The molecule has 2 N–H and O–H groups in total. The van der Waals surface area contributed by atoms with Crippen molar-refractivity contribution in [3.63, 3.8) is 0 Å². The molecule has 1 saturated heterocycles.